The van der Waals surface area contributed by atoms with Gasteiger partial charge in [0.25, 0.3) is 5.91 Å². The maximum Gasteiger partial charge on any atom is 0.253 e. The minimum absolute atomic E-state index is 0.0360. The monoisotopic (exact) mass is 254 g/mol. The Bertz CT molecular complexity index is 552. The Morgan fingerprint density at radius 2 is 2.05 bits per heavy atom. The zero-order valence-corrected chi connectivity index (χ0v) is 11.3. The predicted octanol–water partition coefficient (Wildman–Crippen LogP) is 3.27. The van der Waals surface area contributed by atoms with Crippen molar-refractivity contribution in [3.63, 3.8) is 0 Å². The molecule has 19 heavy (non-hydrogen) atoms. The number of nitrogens with one attached hydrogen (secondary N) is 1. The Morgan fingerprint density at radius 3 is 2.68 bits per heavy atom. The maximum absolute atomic E-state index is 12.1. The Kier molecular flexibility index (Phi) is 4.29. The molecule has 1 amide bonds. The van der Waals surface area contributed by atoms with Crippen LogP contribution in [0.5, 0.6) is 0 Å². The molecule has 3 heteroatoms. The number of hydrogen-bond donors (Lipinski definition) is 1. The summed E-state index contributed by atoms with van der Waals surface area (Å²) in [5, 5.41) is 3.06. The first kappa shape index (κ1) is 13.3. The molecule has 0 aliphatic carbocycles. The summed E-state index contributed by atoms with van der Waals surface area (Å²) < 4.78 is 0. The van der Waals surface area contributed by atoms with Crippen molar-refractivity contribution in [1.82, 2.24) is 10.3 Å². The lowest BCUT2D eigenvalue weighted by atomic mass is 9.99. The first-order valence-electron chi connectivity index (χ1n) is 6.48. The lowest BCUT2D eigenvalue weighted by molar-refractivity contribution is 0.0935. The molecule has 1 aromatic carbocycles. The van der Waals surface area contributed by atoms with Gasteiger partial charge in [-0.2, -0.15) is 0 Å². The van der Waals surface area contributed by atoms with Crippen LogP contribution >= 0.6 is 0 Å². The zero-order valence-electron chi connectivity index (χ0n) is 11.3. The van der Waals surface area contributed by atoms with E-state index in [-0.39, 0.29) is 11.9 Å². The standard InChI is InChI=1S/C16H18N2O/c1-3-15(14-9-5-4-7-12(14)2)18-16(19)13-8-6-10-17-11-13/h4-11,15H,3H2,1-2H3,(H,18,19)/t15-/m0/s1. The van der Waals surface area contributed by atoms with Crippen molar-refractivity contribution in [2.24, 2.45) is 0 Å². The third-order valence-corrected chi connectivity index (χ3v) is 3.20. The molecule has 0 fully saturated rings. The minimum Gasteiger partial charge on any atom is -0.345 e. The summed E-state index contributed by atoms with van der Waals surface area (Å²) in [4.78, 5) is 16.1. The number of pyridine rings is 1. The number of aryl methyl sites for hydroxylation is 1. The molecule has 0 radical (unpaired) electrons. The fourth-order valence-corrected chi connectivity index (χ4v) is 2.12. The van der Waals surface area contributed by atoms with Crippen molar-refractivity contribution in [1.29, 1.82) is 0 Å². The van der Waals surface area contributed by atoms with Gasteiger partial charge >= 0.3 is 0 Å². The van der Waals surface area contributed by atoms with Crippen LogP contribution in [0.15, 0.2) is 48.8 Å². The van der Waals surface area contributed by atoms with Gasteiger partial charge in [0, 0.05) is 12.4 Å². The first-order valence-corrected chi connectivity index (χ1v) is 6.48. The molecule has 0 spiro atoms. The van der Waals surface area contributed by atoms with Crippen molar-refractivity contribution >= 4 is 5.91 Å². The summed E-state index contributed by atoms with van der Waals surface area (Å²) in [7, 11) is 0. The molecule has 0 aliphatic heterocycles. The fraction of sp³-hybridized carbons (Fsp3) is 0.250. The molecule has 0 aliphatic rings. The number of hydrogen-bond acceptors (Lipinski definition) is 2. The topological polar surface area (TPSA) is 42.0 Å². The van der Waals surface area contributed by atoms with Gasteiger partial charge in [-0.3, -0.25) is 9.78 Å². The van der Waals surface area contributed by atoms with E-state index in [0.29, 0.717) is 5.56 Å². The molecule has 1 atom stereocenters. The number of rotatable bonds is 4. The smallest absolute Gasteiger partial charge is 0.253 e. The molecule has 1 heterocycles. The third-order valence-electron chi connectivity index (χ3n) is 3.20. The number of carbonyl (C=O) groups excluding carboxylic acids is 1. The molecule has 2 aromatic rings. The normalized spacial score (nSPS) is 11.9. The molecule has 2 rings (SSSR count). The van der Waals surface area contributed by atoms with E-state index in [2.05, 4.69) is 36.3 Å². The lowest BCUT2D eigenvalue weighted by Gasteiger charge is -2.19. The van der Waals surface area contributed by atoms with E-state index in [0.717, 1.165) is 6.42 Å². The van der Waals surface area contributed by atoms with E-state index in [1.165, 1.54) is 11.1 Å². The van der Waals surface area contributed by atoms with Gasteiger partial charge in [-0.1, -0.05) is 31.2 Å². The van der Waals surface area contributed by atoms with Crippen LogP contribution in [0.1, 0.15) is 40.9 Å². The van der Waals surface area contributed by atoms with Gasteiger partial charge in [0.1, 0.15) is 0 Å². The summed E-state index contributed by atoms with van der Waals surface area (Å²) in [6, 6.07) is 11.7. The van der Waals surface area contributed by atoms with Crippen LogP contribution in [-0.4, -0.2) is 10.9 Å². The van der Waals surface area contributed by atoms with E-state index in [9.17, 15) is 4.79 Å². The summed E-state index contributed by atoms with van der Waals surface area (Å²) in [5.74, 6) is -0.0804. The van der Waals surface area contributed by atoms with E-state index < -0.39 is 0 Å². The number of benzene rings is 1. The van der Waals surface area contributed by atoms with E-state index in [1.807, 2.05) is 12.1 Å². The third kappa shape index (κ3) is 3.19. The van der Waals surface area contributed by atoms with Crippen molar-refractivity contribution in [2.75, 3.05) is 0 Å². The van der Waals surface area contributed by atoms with Crippen LogP contribution in [0.2, 0.25) is 0 Å². The summed E-state index contributed by atoms with van der Waals surface area (Å²) in [6.07, 6.45) is 4.10. The Hall–Kier alpha value is -2.16. The van der Waals surface area contributed by atoms with Crippen LogP contribution in [0.4, 0.5) is 0 Å². The quantitative estimate of drug-likeness (QED) is 0.909. The van der Waals surface area contributed by atoms with E-state index in [1.54, 1.807) is 24.5 Å². The van der Waals surface area contributed by atoms with Crippen LogP contribution in [-0.2, 0) is 0 Å². The highest BCUT2D eigenvalue weighted by atomic mass is 16.1. The highest BCUT2D eigenvalue weighted by Gasteiger charge is 2.15. The molecular formula is C16H18N2O. The second-order valence-corrected chi connectivity index (χ2v) is 4.53. The van der Waals surface area contributed by atoms with Gasteiger partial charge in [0.2, 0.25) is 0 Å². The van der Waals surface area contributed by atoms with Crippen molar-refractivity contribution in [3.05, 3.63) is 65.5 Å². The van der Waals surface area contributed by atoms with Gasteiger partial charge < -0.3 is 5.32 Å². The molecule has 0 unspecified atom stereocenters. The second kappa shape index (κ2) is 6.14. The van der Waals surface area contributed by atoms with Crippen molar-refractivity contribution < 1.29 is 4.79 Å². The number of carbonyl (C=O) groups is 1. The summed E-state index contributed by atoms with van der Waals surface area (Å²) in [5.41, 5.74) is 2.96. The largest absolute Gasteiger partial charge is 0.345 e. The molecule has 98 valence electrons. The number of nitrogens with zero attached hydrogens (tertiary/aromatic N) is 1. The van der Waals surface area contributed by atoms with Crippen molar-refractivity contribution in [3.8, 4) is 0 Å². The molecule has 0 saturated carbocycles. The van der Waals surface area contributed by atoms with Gasteiger partial charge in [0.15, 0.2) is 0 Å². The number of aromatic nitrogens is 1. The Morgan fingerprint density at radius 1 is 1.26 bits per heavy atom. The lowest BCUT2D eigenvalue weighted by Crippen LogP contribution is -2.28. The summed E-state index contributed by atoms with van der Waals surface area (Å²) in [6.45, 7) is 4.13. The SMILES string of the molecule is CC[C@H](NC(=O)c1cccnc1)c1ccccc1C. The average molecular weight is 254 g/mol. The molecular weight excluding hydrogens is 236 g/mol. The maximum atomic E-state index is 12.1. The van der Waals surface area contributed by atoms with Crippen LogP contribution < -0.4 is 5.32 Å². The second-order valence-electron chi connectivity index (χ2n) is 4.53. The molecule has 3 nitrogen and oxygen atoms in total. The highest BCUT2D eigenvalue weighted by Crippen LogP contribution is 2.20. The fourth-order valence-electron chi connectivity index (χ4n) is 2.12. The molecule has 1 aromatic heterocycles. The Balaban J connectivity index is 2.17. The van der Waals surface area contributed by atoms with Gasteiger partial charge in [-0.05, 0) is 36.6 Å². The minimum atomic E-state index is -0.0804. The average Bonchev–Trinajstić information content (AvgIpc) is 2.46. The van der Waals surface area contributed by atoms with Crippen molar-refractivity contribution in [2.45, 2.75) is 26.3 Å². The highest BCUT2D eigenvalue weighted by molar-refractivity contribution is 5.94. The molecule has 0 saturated heterocycles. The molecule has 1 N–H and O–H groups in total. The molecule has 0 bridgehead atoms. The Labute approximate surface area is 113 Å². The number of amides is 1. The van der Waals surface area contributed by atoms with Crippen LogP contribution in [0, 0.1) is 6.92 Å². The summed E-state index contributed by atoms with van der Waals surface area (Å²) >= 11 is 0. The van der Waals surface area contributed by atoms with Gasteiger partial charge in [-0.25, -0.2) is 0 Å². The first-order chi connectivity index (χ1) is 9.22. The van der Waals surface area contributed by atoms with Gasteiger partial charge in [0.05, 0.1) is 11.6 Å². The van der Waals surface area contributed by atoms with E-state index in [4.69, 9.17) is 0 Å². The van der Waals surface area contributed by atoms with Crippen LogP contribution in [0.25, 0.3) is 0 Å². The predicted molar refractivity (Wildman–Crippen MR) is 75.9 cm³/mol. The zero-order chi connectivity index (χ0) is 13.7. The van der Waals surface area contributed by atoms with Gasteiger partial charge in [-0.15, -0.1) is 0 Å². The van der Waals surface area contributed by atoms with E-state index >= 15 is 0 Å². The van der Waals surface area contributed by atoms with Crippen LogP contribution in [0.3, 0.4) is 0 Å².